The van der Waals surface area contributed by atoms with Crippen molar-refractivity contribution in [2.45, 2.75) is 18.8 Å². The number of hydrogen-bond donors (Lipinski definition) is 3. The van der Waals surface area contributed by atoms with Gasteiger partial charge in [0.25, 0.3) is 0 Å². The zero-order chi connectivity index (χ0) is 19.2. The zero-order valence-corrected chi connectivity index (χ0v) is 16.6. The highest BCUT2D eigenvalue weighted by Crippen LogP contribution is 2.35. The second kappa shape index (κ2) is 6.79. The van der Waals surface area contributed by atoms with Gasteiger partial charge in [0, 0.05) is 33.6 Å². The summed E-state index contributed by atoms with van der Waals surface area (Å²) in [6.45, 7) is 2.14. The van der Waals surface area contributed by atoms with Crippen LogP contribution in [0.1, 0.15) is 24.3 Å². The molecule has 6 nitrogen and oxygen atoms in total. The van der Waals surface area contributed by atoms with Gasteiger partial charge in [-0.05, 0) is 67.1 Å². The van der Waals surface area contributed by atoms with Crippen LogP contribution >= 0.6 is 11.3 Å². The molecule has 5 aromatic heterocycles. The van der Waals surface area contributed by atoms with Gasteiger partial charge < -0.3 is 10.3 Å². The van der Waals surface area contributed by atoms with Crippen molar-refractivity contribution < 1.29 is 0 Å². The van der Waals surface area contributed by atoms with Crippen LogP contribution in [0.25, 0.3) is 43.9 Å². The predicted molar refractivity (Wildman–Crippen MR) is 117 cm³/mol. The van der Waals surface area contributed by atoms with Gasteiger partial charge in [-0.2, -0.15) is 5.10 Å². The number of piperidine rings is 1. The first kappa shape index (κ1) is 16.9. The number of aromatic amines is 2. The molecule has 6 heterocycles. The molecule has 0 bridgehead atoms. The molecular weight excluding hydrogens is 380 g/mol. The minimum absolute atomic E-state index is 0.561. The van der Waals surface area contributed by atoms with Gasteiger partial charge in [-0.25, -0.2) is 9.97 Å². The number of fused-ring (bicyclic) bond motifs is 2. The molecular formula is C22H20N6S. The van der Waals surface area contributed by atoms with Gasteiger partial charge in [0.2, 0.25) is 0 Å². The Kier molecular flexibility index (Phi) is 3.95. The summed E-state index contributed by atoms with van der Waals surface area (Å²) in [6.07, 6.45) is 6.17. The van der Waals surface area contributed by atoms with Crippen molar-refractivity contribution in [3.63, 3.8) is 0 Å². The number of H-pyrrole nitrogens is 2. The molecule has 1 fully saturated rings. The maximum absolute atomic E-state index is 4.65. The molecule has 5 aromatic rings. The molecule has 0 atom stereocenters. The van der Waals surface area contributed by atoms with Gasteiger partial charge in [-0.3, -0.25) is 5.10 Å². The SMILES string of the molecule is c1csc(-c2ccnc3[nH]c(-c4n[nH]c5ncc(C6CCNCC6)cc45)cc23)c1. The van der Waals surface area contributed by atoms with Crippen LogP contribution in [0.5, 0.6) is 0 Å². The van der Waals surface area contributed by atoms with Crippen LogP contribution in [-0.4, -0.2) is 38.2 Å². The van der Waals surface area contributed by atoms with E-state index in [1.807, 2.05) is 12.4 Å². The smallest absolute Gasteiger partial charge is 0.155 e. The normalized spacial score (nSPS) is 15.4. The fraction of sp³-hybridized carbons (Fsp3) is 0.227. The number of aromatic nitrogens is 5. The van der Waals surface area contributed by atoms with Crippen LogP contribution in [0.15, 0.2) is 48.1 Å². The van der Waals surface area contributed by atoms with Crippen molar-refractivity contribution in [1.29, 1.82) is 0 Å². The number of pyridine rings is 2. The molecule has 0 aromatic carbocycles. The number of thiophene rings is 1. The molecule has 29 heavy (non-hydrogen) atoms. The van der Waals surface area contributed by atoms with E-state index in [4.69, 9.17) is 0 Å². The van der Waals surface area contributed by atoms with Crippen molar-refractivity contribution in [3.05, 3.63) is 53.7 Å². The standard InChI is InChI=1S/C22H20N6S/c1-2-19(29-9-1)15-5-8-24-21-16(15)11-18(26-21)20-17-10-14(12-25-22(17)28-27-20)13-3-6-23-7-4-13/h1-2,5,8-13,23H,3-4,6-7H2,(H,24,26)(H,25,27,28). The summed E-state index contributed by atoms with van der Waals surface area (Å²) in [5.74, 6) is 0.561. The van der Waals surface area contributed by atoms with Crippen LogP contribution in [-0.2, 0) is 0 Å². The maximum Gasteiger partial charge on any atom is 0.155 e. The van der Waals surface area contributed by atoms with Crippen molar-refractivity contribution in [3.8, 4) is 21.8 Å². The van der Waals surface area contributed by atoms with Gasteiger partial charge in [0.05, 0.1) is 5.69 Å². The fourth-order valence-corrected chi connectivity index (χ4v) is 5.07. The van der Waals surface area contributed by atoms with Crippen molar-refractivity contribution >= 4 is 33.4 Å². The first-order valence-electron chi connectivity index (χ1n) is 9.93. The third-order valence-corrected chi connectivity index (χ3v) is 6.72. The molecule has 0 unspecified atom stereocenters. The van der Waals surface area contributed by atoms with E-state index in [1.165, 1.54) is 16.0 Å². The average molecular weight is 401 g/mol. The highest BCUT2D eigenvalue weighted by Gasteiger charge is 2.19. The summed E-state index contributed by atoms with van der Waals surface area (Å²) in [4.78, 5) is 13.9. The Morgan fingerprint density at radius 1 is 1.00 bits per heavy atom. The molecule has 7 heteroatoms. The molecule has 0 amide bonds. The van der Waals surface area contributed by atoms with Gasteiger partial charge >= 0.3 is 0 Å². The number of hydrogen-bond acceptors (Lipinski definition) is 5. The minimum Gasteiger partial charge on any atom is -0.338 e. The Balaban J connectivity index is 1.48. The molecule has 0 aliphatic carbocycles. The Morgan fingerprint density at radius 2 is 1.93 bits per heavy atom. The van der Waals surface area contributed by atoms with Crippen LogP contribution < -0.4 is 5.32 Å². The Bertz CT molecular complexity index is 1290. The largest absolute Gasteiger partial charge is 0.338 e. The van der Waals surface area contributed by atoms with Gasteiger partial charge in [-0.1, -0.05) is 6.07 Å². The summed E-state index contributed by atoms with van der Waals surface area (Å²) in [7, 11) is 0. The van der Waals surface area contributed by atoms with Gasteiger partial charge in [0.15, 0.2) is 5.65 Å². The summed E-state index contributed by atoms with van der Waals surface area (Å²) >= 11 is 1.74. The fourth-order valence-electron chi connectivity index (χ4n) is 4.30. The number of rotatable bonds is 3. The lowest BCUT2D eigenvalue weighted by Gasteiger charge is -2.22. The third kappa shape index (κ3) is 2.85. The highest BCUT2D eigenvalue weighted by atomic mass is 32.1. The van der Waals surface area contributed by atoms with E-state index in [0.29, 0.717) is 5.92 Å². The van der Waals surface area contributed by atoms with Crippen LogP contribution in [0, 0.1) is 0 Å². The number of nitrogens with one attached hydrogen (secondary N) is 3. The van der Waals surface area contributed by atoms with Crippen LogP contribution in [0.4, 0.5) is 0 Å². The Labute approximate surface area is 171 Å². The quantitative estimate of drug-likeness (QED) is 0.410. The molecule has 1 aliphatic heterocycles. The highest BCUT2D eigenvalue weighted by molar-refractivity contribution is 7.13. The van der Waals surface area contributed by atoms with Crippen LogP contribution in [0.2, 0.25) is 0 Å². The molecule has 3 N–H and O–H groups in total. The molecule has 144 valence electrons. The van der Waals surface area contributed by atoms with Crippen molar-refractivity contribution in [1.82, 2.24) is 30.5 Å². The molecule has 1 aliphatic rings. The summed E-state index contributed by atoms with van der Waals surface area (Å²) in [5.41, 5.74) is 6.06. The first-order valence-corrected chi connectivity index (χ1v) is 10.8. The van der Waals surface area contributed by atoms with E-state index in [2.05, 4.69) is 66.2 Å². The summed E-state index contributed by atoms with van der Waals surface area (Å²) < 4.78 is 0. The molecule has 0 saturated carbocycles. The van der Waals surface area contributed by atoms with E-state index in [-0.39, 0.29) is 0 Å². The minimum atomic E-state index is 0.561. The predicted octanol–water partition coefficient (Wildman–Crippen LogP) is 4.70. The topological polar surface area (TPSA) is 82.3 Å². The lowest BCUT2D eigenvalue weighted by Crippen LogP contribution is -2.26. The van der Waals surface area contributed by atoms with Crippen molar-refractivity contribution in [2.24, 2.45) is 0 Å². The molecule has 0 spiro atoms. The Hall–Kier alpha value is -3.03. The van der Waals surface area contributed by atoms with Gasteiger partial charge in [-0.15, -0.1) is 11.3 Å². The van der Waals surface area contributed by atoms with E-state index >= 15 is 0 Å². The monoisotopic (exact) mass is 400 g/mol. The van der Waals surface area contributed by atoms with E-state index in [9.17, 15) is 0 Å². The third-order valence-electron chi connectivity index (χ3n) is 5.82. The molecule has 0 radical (unpaired) electrons. The van der Waals surface area contributed by atoms with E-state index in [0.717, 1.165) is 59.4 Å². The first-order chi connectivity index (χ1) is 14.4. The lowest BCUT2D eigenvalue weighted by atomic mass is 9.91. The lowest BCUT2D eigenvalue weighted by molar-refractivity contribution is 0.460. The van der Waals surface area contributed by atoms with Gasteiger partial charge in [0.1, 0.15) is 11.3 Å². The van der Waals surface area contributed by atoms with Crippen LogP contribution in [0.3, 0.4) is 0 Å². The number of nitrogens with zero attached hydrogens (tertiary/aromatic N) is 3. The molecule has 1 saturated heterocycles. The summed E-state index contributed by atoms with van der Waals surface area (Å²) in [5, 5.41) is 15.4. The summed E-state index contributed by atoms with van der Waals surface area (Å²) in [6, 6.07) is 10.7. The average Bonchev–Trinajstić information content (AvgIpc) is 3.52. The molecule has 6 rings (SSSR count). The Morgan fingerprint density at radius 3 is 2.79 bits per heavy atom. The maximum atomic E-state index is 4.65. The second-order valence-electron chi connectivity index (χ2n) is 7.54. The van der Waals surface area contributed by atoms with Crippen molar-refractivity contribution in [2.75, 3.05) is 13.1 Å². The zero-order valence-electron chi connectivity index (χ0n) is 15.8. The second-order valence-corrected chi connectivity index (χ2v) is 8.49. The van der Waals surface area contributed by atoms with E-state index < -0.39 is 0 Å². The van der Waals surface area contributed by atoms with E-state index in [1.54, 1.807) is 11.3 Å².